The molecular weight excluding hydrogens is 604 g/mol. The lowest BCUT2D eigenvalue weighted by atomic mass is 9.91. The van der Waals surface area contributed by atoms with Gasteiger partial charge >= 0.3 is 5.97 Å². The molecule has 2 aliphatic heterocycles. The molecule has 10 atom stereocenters. The molecule has 2 rings (SSSR count). The van der Waals surface area contributed by atoms with E-state index in [0.29, 0.717) is 5.57 Å². The van der Waals surface area contributed by atoms with E-state index in [1.54, 1.807) is 37.3 Å². The minimum atomic E-state index is -1.68. The molecule has 0 amide bonds. The van der Waals surface area contributed by atoms with Crippen molar-refractivity contribution in [3.05, 3.63) is 83.1 Å². The van der Waals surface area contributed by atoms with E-state index in [1.165, 1.54) is 13.0 Å². The van der Waals surface area contributed by atoms with Gasteiger partial charge in [0.2, 0.25) is 0 Å². The maximum absolute atomic E-state index is 12.9. The molecular formula is C33H46O13. The second kappa shape index (κ2) is 18.9. The lowest BCUT2D eigenvalue weighted by Gasteiger charge is -2.42. The number of allylic oxidation sites excluding steroid dienone is 13. The van der Waals surface area contributed by atoms with Crippen molar-refractivity contribution in [2.75, 3.05) is 13.2 Å². The minimum absolute atomic E-state index is 0.237. The molecule has 0 saturated carbocycles. The molecule has 4 unspecified atom stereocenters. The summed E-state index contributed by atoms with van der Waals surface area (Å²) in [6.45, 7) is 5.70. The zero-order chi connectivity index (χ0) is 34.6. The topological polar surface area (TPSA) is 224 Å². The van der Waals surface area contributed by atoms with E-state index < -0.39 is 80.4 Å². The smallest absolute Gasteiger partial charge is 0.331 e. The van der Waals surface area contributed by atoms with Gasteiger partial charge in [-0.15, -0.1) is 0 Å². The molecule has 2 fully saturated rings. The second-order valence-electron chi connectivity index (χ2n) is 11.3. The van der Waals surface area contributed by atoms with E-state index in [0.717, 1.165) is 11.1 Å². The Morgan fingerprint density at radius 2 is 1.13 bits per heavy atom. The fraction of sp³-hybridized carbons (Fsp3) is 0.515. The summed E-state index contributed by atoms with van der Waals surface area (Å²) in [7, 11) is 0. The molecule has 0 aliphatic carbocycles. The van der Waals surface area contributed by atoms with Crippen LogP contribution in [0, 0.1) is 0 Å². The first-order chi connectivity index (χ1) is 21.7. The van der Waals surface area contributed by atoms with Gasteiger partial charge in [0.05, 0.1) is 19.3 Å². The Morgan fingerprint density at radius 3 is 1.67 bits per heavy atom. The van der Waals surface area contributed by atoms with E-state index in [4.69, 9.17) is 19.3 Å². The van der Waals surface area contributed by atoms with Crippen LogP contribution >= 0.6 is 0 Å². The van der Waals surface area contributed by atoms with Crippen molar-refractivity contribution in [3.8, 4) is 0 Å². The van der Waals surface area contributed by atoms with Crippen LogP contribution in [0.2, 0.25) is 0 Å². The quantitative estimate of drug-likeness (QED) is 0.0927. The Morgan fingerprint density at radius 1 is 0.630 bits per heavy atom. The Hall–Kier alpha value is -3.08. The van der Waals surface area contributed by atoms with Crippen molar-refractivity contribution in [1.82, 2.24) is 0 Å². The Balaban J connectivity index is 1.94. The van der Waals surface area contributed by atoms with Crippen molar-refractivity contribution < 1.29 is 64.7 Å². The van der Waals surface area contributed by atoms with Gasteiger partial charge in [0.15, 0.2) is 12.1 Å². The molecule has 13 heteroatoms. The van der Waals surface area contributed by atoms with E-state index in [1.807, 2.05) is 38.2 Å². The number of ketones is 1. The highest BCUT2D eigenvalue weighted by Crippen LogP contribution is 2.27. The fourth-order valence-electron chi connectivity index (χ4n) is 4.45. The van der Waals surface area contributed by atoms with Crippen LogP contribution in [0.25, 0.3) is 0 Å². The zero-order valence-electron chi connectivity index (χ0n) is 26.3. The summed E-state index contributed by atoms with van der Waals surface area (Å²) >= 11 is 0. The first kappa shape index (κ1) is 39.1. The molecule has 0 spiro atoms. The molecule has 2 aliphatic rings. The summed E-state index contributed by atoms with van der Waals surface area (Å²) in [5.74, 6) is -1.35. The van der Waals surface area contributed by atoms with Crippen molar-refractivity contribution in [2.24, 2.45) is 0 Å². The van der Waals surface area contributed by atoms with Crippen LogP contribution < -0.4 is 0 Å². The number of carboxylic acids is 1. The normalized spacial score (nSPS) is 33.8. The van der Waals surface area contributed by atoms with Gasteiger partial charge in [-0.2, -0.15) is 0 Å². The van der Waals surface area contributed by atoms with Crippen LogP contribution in [-0.2, 0) is 23.8 Å². The third-order valence-electron chi connectivity index (χ3n) is 7.49. The Bertz CT molecular complexity index is 1240. The van der Waals surface area contributed by atoms with E-state index in [-0.39, 0.29) is 17.8 Å². The molecule has 13 nitrogen and oxygen atoms in total. The summed E-state index contributed by atoms with van der Waals surface area (Å²) in [4.78, 5) is 23.7. The van der Waals surface area contributed by atoms with Gasteiger partial charge in [-0.3, -0.25) is 4.79 Å². The minimum Gasteiger partial charge on any atom is -0.478 e. The molecule has 2 heterocycles. The van der Waals surface area contributed by atoms with E-state index in [9.17, 15) is 45.3 Å². The van der Waals surface area contributed by atoms with Gasteiger partial charge in [0.25, 0.3) is 0 Å². The zero-order valence-corrected chi connectivity index (χ0v) is 26.3. The SMILES string of the molecule is CC(=C/C=C/C=C(C)/C=C/C=C(\C)C(=O)C[C@@H]1OC(CO[C@@H]2OC(CO)[C@@H](O)[C@H](O)C2O)[C@@H](O)[C@H](O)C1O)/C=C/C=C(\C)C(=O)O. The number of rotatable bonds is 14. The summed E-state index contributed by atoms with van der Waals surface area (Å²) in [6.07, 6.45) is 2.11. The average molecular weight is 651 g/mol. The van der Waals surface area contributed by atoms with Crippen molar-refractivity contribution in [1.29, 1.82) is 0 Å². The number of hydrogen-bond donors (Lipinski definition) is 8. The summed E-state index contributed by atoms with van der Waals surface area (Å²) in [5, 5.41) is 79.4. The number of aliphatic hydroxyl groups is 7. The highest BCUT2D eigenvalue weighted by atomic mass is 16.7. The van der Waals surface area contributed by atoms with Crippen LogP contribution in [-0.4, -0.2) is 127 Å². The van der Waals surface area contributed by atoms with Gasteiger partial charge in [-0.1, -0.05) is 71.9 Å². The number of ether oxygens (including phenoxy) is 3. The maximum atomic E-state index is 12.9. The van der Waals surface area contributed by atoms with Crippen molar-refractivity contribution in [2.45, 2.75) is 95.3 Å². The Labute approximate surface area is 268 Å². The highest BCUT2D eigenvalue weighted by molar-refractivity contribution is 5.95. The number of carbonyl (C=O) groups is 2. The predicted molar refractivity (Wildman–Crippen MR) is 166 cm³/mol. The predicted octanol–water partition coefficient (Wildman–Crippen LogP) is 0.151. The summed E-state index contributed by atoms with van der Waals surface area (Å²) < 4.78 is 16.4. The first-order valence-electron chi connectivity index (χ1n) is 14.8. The van der Waals surface area contributed by atoms with E-state index in [2.05, 4.69) is 0 Å². The van der Waals surface area contributed by atoms with Gasteiger partial charge in [0.1, 0.15) is 48.8 Å². The number of carbonyl (C=O) groups excluding carboxylic acids is 1. The maximum Gasteiger partial charge on any atom is 0.331 e. The number of aliphatic carboxylic acids is 1. The van der Waals surface area contributed by atoms with Gasteiger partial charge in [-0.25, -0.2) is 4.79 Å². The number of carboxylic acid groups (broad SMARTS) is 1. The standard InChI is InChI=1S/C33H46O13/c1-18(9-5-6-10-19(2)12-8-14-21(4)32(42)43)11-7-13-20(3)22(35)15-23-26(36)29(39)28(38)25(45-23)17-44-33-31(41)30(40)27(37)24(16-34)46-33/h5-14,23-31,33-34,36-41H,15-17H2,1-4H3,(H,42,43)/b6-5+,11-7+,12-8+,18-9+,19-10-,20-13+,21-14+/t23-,24?,25?,26?,27+,28+,29+,30-,31?,33+/m0/s1. The van der Waals surface area contributed by atoms with E-state index >= 15 is 0 Å². The monoisotopic (exact) mass is 650 g/mol. The molecule has 2 saturated heterocycles. The molecule has 0 aromatic rings. The fourth-order valence-corrected chi connectivity index (χ4v) is 4.45. The number of Topliss-reactive ketones (excluding diaryl/α,β-unsaturated/α-hetero) is 1. The van der Waals surface area contributed by atoms with Crippen LogP contribution in [0.1, 0.15) is 34.1 Å². The third kappa shape index (κ3) is 11.6. The number of aliphatic hydroxyl groups excluding tert-OH is 7. The van der Waals surface area contributed by atoms with Crippen molar-refractivity contribution >= 4 is 11.8 Å². The number of hydrogen-bond acceptors (Lipinski definition) is 12. The van der Waals surface area contributed by atoms with Gasteiger partial charge < -0.3 is 55.1 Å². The largest absolute Gasteiger partial charge is 0.478 e. The van der Waals surface area contributed by atoms with Gasteiger partial charge in [-0.05, 0) is 33.3 Å². The lowest BCUT2D eigenvalue weighted by Crippen LogP contribution is -2.61. The van der Waals surface area contributed by atoms with Crippen LogP contribution in [0.4, 0.5) is 0 Å². The van der Waals surface area contributed by atoms with Crippen LogP contribution in [0.5, 0.6) is 0 Å². The molecule has 0 aromatic carbocycles. The third-order valence-corrected chi connectivity index (χ3v) is 7.49. The molecule has 46 heavy (non-hydrogen) atoms. The van der Waals surface area contributed by atoms with Crippen LogP contribution in [0.3, 0.4) is 0 Å². The molecule has 0 radical (unpaired) electrons. The summed E-state index contributed by atoms with van der Waals surface area (Å²) in [5.41, 5.74) is 2.40. The molecule has 8 N–H and O–H groups in total. The average Bonchev–Trinajstić information content (AvgIpc) is 3.02. The molecule has 0 aromatic heterocycles. The molecule has 0 bridgehead atoms. The van der Waals surface area contributed by atoms with Crippen LogP contribution in [0.15, 0.2) is 83.1 Å². The summed E-state index contributed by atoms with van der Waals surface area (Å²) in [6, 6.07) is 0. The first-order valence-corrected chi connectivity index (χ1v) is 14.8. The Kier molecular flexibility index (Phi) is 16.1. The highest BCUT2D eigenvalue weighted by Gasteiger charge is 2.47. The van der Waals surface area contributed by atoms with Crippen molar-refractivity contribution in [3.63, 3.8) is 0 Å². The lowest BCUT2D eigenvalue weighted by molar-refractivity contribution is -0.314. The molecule has 256 valence electrons. The van der Waals surface area contributed by atoms with Gasteiger partial charge in [0, 0.05) is 12.0 Å². The second-order valence-corrected chi connectivity index (χ2v) is 11.3.